The lowest BCUT2D eigenvalue weighted by Crippen LogP contribution is -2.42. The lowest BCUT2D eigenvalue weighted by atomic mass is 9.95. The summed E-state index contributed by atoms with van der Waals surface area (Å²) in [5.41, 5.74) is -0.155. The lowest BCUT2D eigenvalue weighted by molar-refractivity contribution is -0.141. The van der Waals surface area contributed by atoms with E-state index in [-0.39, 0.29) is 18.2 Å². The Morgan fingerprint density at radius 1 is 1.23 bits per heavy atom. The van der Waals surface area contributed by atoms with Crippen LogP contribution < -0.4 is 10.6 Å². The molecular weight excluding hydrogens is 348 g/mol. The van der Waals surface area contributed by atoms with E-state index in [4.69, 9.17) is 0 Å². The van der Waals surface area contributed by atoms with E-state index < -0.39 is 17.7 Å². The SMILES string of the molecule is CC1CNCCC1Nc1ncc(C(F)(F)F)nc1Cc1ccc(F)cc1. The number of nitrogens with one attached hydrogen (secondary N) is 2. The van der Waals surface area contributed by atoms with E-state index in [9.17, 15) is 17.6 Å². The standard InChI is InChI=1S/C18H20F4N4/c1-11-9-23-7-6-14(11)26-17-15(8-12-2-4-13(19)5-3-12)25-16(10-24-17)18(20,21)22/h2-5,10-11,14,23H,6-9H2,1H3,(H,24,26). The van der Waals surface area contributed by atoms with E-state index in [1.54, 1.807) is 0 Å². The molecule has 2 atom stereocenters. The first-order valence-corrected chi connectivity index (χ1v) is 8.48. The Morgan fingerprint density at radius 2 is 1.96 bits per heavy atom. The number of hydrogen-bond acceptors (Lipinski definition) is 4. The fraction of sp³-hybridized carbons (Fsp3) is 0.444. The van der Waals surface area contributed by atoms with Crippen LogP contribution in [0.3, 0.4) is 0 Å². The summed E-state index contributed by atoms with van der Waals surface area (Å²) < 4.78 is 52.2. The van der Waals surface area contributed by atoms with E-state index in [0.29, 0.717) is 17.3 Å². The molecule has 0 bridgehead atoms. The average Bonchev–Trinajstić information content (AvgIpc) is 2.59. The molecule has 3 rings (SSSR count). The fourth-order valence-corrected chi connectivity index (χ4v) is 3.01. The van der Waals surface area contributed by atoms with Crippen molar-refractivity contribution < 1.29 is 17.6 Å². The molecule has 2 aromatic rings. The molecule has 2 N–H and O–H groups in total. The van der Waals surface area contributed by atoms with Gasteiger partial charge in [0.2, 0.25) is 0 Å². The summed E-state index contributed by atoms with van der Waals surface area (Å²) in [4.78, 5) is 7.79. The van der Waals surface area contributed by atoms with Crippen LogP contribution in [0, 0.1) is 11.7 Å². The van der Waals surface area contributed by atoms with Crippen LogP contribution in [0.25, 0.3) is 0 Å². The number of benzene rings is 1. The maximum Gasteiger partial charge on any atom is 0.434 e. The van der Waals surface area contributed by atoms with Crippen molar-refractivity contribution in [2.45, 2.75) is 32.0 Å². The largest absolute Gasteiger partial charge is 0.434 e. The normalized spacial score (nSPS) is 20.8. The van der Waals surface area contributed by atoms with Crippen molar-refractivity contribution in [1.82, 2.24) is 15.3 Å². The number of aromatic nitrogens is 2. The Kier molecular flexibility index (Phi) is 5.41. The Hall–Kier alpha value is -2.22. The van der Waals surface area contributed by atoms with Crippen LogP contribution in [-0.4, -0.2) is 29.1 Å². The highest BCUT2D eigenvalue weighted by molar-refractivity contribution is 5.44. The molecule has 1 saturated heterocycles. The van der Waals surface area contributed by atoms with Crippen molar-refractivity contribution in [1.29, 1.82) is 0 Å². The Balaban J connectivity index is 1.90. The second-order valence-electron chi connectivity index (χ2n) is 6.57. The average molecular weight is 368 g/mol. The highest BCUT2D eigenvalue weighted by Gasteiger charge is 2.34. The number of rotatable bonds is 4. The number of piperidine rings is 1. The fourth-order valence-electron chi connectivity index (χ4n) is 3.01. The zero-order chi connectivity index (χ0) is 18.7. The molecule has 1 aliphatic heterocycles. The number of nitrogens with zero attached hydrogens (tertiary/aromatic N) is 2. The van der Waals surface area contributed by atoms with Gasteiger partial charge in [-0.15, -0.1) is 0 Å². The van der Waals surface area contributed by atoms with E-state index in [2.05, 4.69) is 27.5 Å². The van der Waals surface area contributed by atoms with Crippen LogP contribution in [0.1, 0.15) is 30.3 Å². The minimum atomic E-state index is -4.56. The molecule has 0 spiro atoms. The van der Waals surface area contributed by atoms with E-state index in [0.717, 1.165) is 25.7 Å². The molecule has 1 aromatic carbocycles. The van der Waals surface area contributed by atoms with Gasteiger partial charge in [0.15, 0.2) is 5.69 Å². The second kappa shape index (κ2) is 7.57. The first kappa shape index (κ1) is 18.6. The zero-order valence-corrected chi connectivity index (χ0v) is 14.3. The molecule has 2 heterocycles. The number of halogens is 4. The molecule has 0 saturated carbocycles. The molecule has 0 amide bonds. The van der Waals surface area contributed by atoms with Crippen LogP contribution in [0.5, 0.6) is 0 Å². The predicted octanol–water partition coefficient (Wildman–Crippen LogP) is 3.64. The summed E-state index contributed by atoms with van der Waals surface area (Å²) in [5, 5.41) is 6.53. The summed E-state index contributed by atoms with van der Waals surface area (Å²) in [6.07, 6.45) is -2.83. The summed E-state index contributed by atoms with van der Waals surface area (Å²) in [6, 6.07) is 5.73. The van der Waals surface area contributed by atoms with Gasteiger partial charge in [-0.05, 0) is 43.1 Å². The molecular formula is C18H20F4N4. The molecule has 26 heavy (non-hydrogen) atoms. The third kappa shape index (κ3) is 4.49. The van der Waals surface area contributed by atoms with Crippen molar-refractivity contribution in [2.24, 2.45) is 5.92 Å². The van der Waals surface area contributed by atoms with Gasteiger partial charge in [-0.3, -0.25) is 0 Å². The number of hydrogen-bond donors (Lipinski definition) is 2. The third-order valence-electron chi connectivity index (χ3n) is 4.53. The summed E-state index contributed by atoms with van der Waals surface area (Å²) in [7, 11) is 0. The Labute approximate surface area is 149 Å². The number of alkyl halides is 3. The van der Waals surface area contributed by atoms with Crippen LogP contribution in [0.4, 0.5) is 23.4 Å². The molecule has 1 aliphatic rings. The quantitative estimate of drug-likeness (QED) is 0.809. The van der Waals surface area contributed by atoms with Gasteiger partial charge in [-0.2, -0.15) is 13.2 Å². The topological polar surface area (TPSA) is 49.8 Å². The molecule has 1 fully saturated rings. The van der Waals surface area contributed by atoms with E-state index >= 15 is 0 Å². The van der Waals surface area contributed by atoms with Crippen molar-refractivity contribution in [3.05, 3.63) is 53.2 Å². The van der Waals surface area contributed by atoms with Crippen LogP contribution in [-0.2, 0) is 12.6 Å². The summed E-state index contributed by atoms with van der Waals surface area (Å²) >= 11 is 0. The van der Waals surface area contributed by atoms with Crippen LogP contribution in [0.2, 0.25) is 0 Å². The minimum Gasteiger partial charge on any atom is -0.365 e. The van der Waals surface area contributed by atoms with Gasteiger partial charge in [0.05, 0.1) is 11.9 Å². The van der Waals surface area contributed by atoms with Gasteiger partial charge < -0.3 is 10.6 Å². The number of anilines is 1. The summed E-state index contributed by atoms with van der Waals surface area (Å²) in [5.74, 6) is 0.262. The Bertz CT molecular complexity index is 746. The van der Waals surface area contributed by atoms with Gasteiger partial charge >= 0.3 is 6.18 Å². The van der Waals surface area contributed by atoms with Crippen molar-refractivity contribution in [3.8, 4) is 0 Å². The van der Waals surface area contributed by atoms with E-state index in [1.165, 1.54) is 24.3 Å². The molecule has 0 aliphatic carbocycles. The first-order chi connectivity index (χ1) is 12.3. The van der Waals surface area contributed by atoms with Gasteiger partial charge in [0.25, 0.3) is 0 Å². The predicted molar refractivity (Wildman–Crippen MR) is 90.3 cm³/mol. The van der Waals surface area contributed by atoms with Crippen LogP contribution >= 0.6 is 0 Å². The van der Waals surface area contributed by atoms with Crippen molar-refractivity contribution >= 4 is 5.82 Å². The third-order valence-corrected chi connectivity index (χ3v) is 4.53. The van der Waals surface area contributed by atoms with Gasteiger partial charge in [-0.25, -0.2) is 14.4 Å². The smallest absolute Gasteiger partial charge is 0.365 e. The molecule has 140 valence electrons. The maximum atomic E-state index is 13.1. The first-order valence-electron chi connectivity index (χ1n) is 8.48. The lowest BCUT2D eigenvalue weighted by Gasteiger charge is -2.31. The van der Waals surface area contributed by atoms with Gasteiger partial charge in [0.1, 0.15) is 11.6 Å². The minimum absolute atomic E-state index is 0.106. The molecule has 4 nitrogen and oxygen atoms in total. The maximum absolute atomic E-state index is 13.1. The highest BCUT2D eigenvalue weighted by Crippen LogP contribution is 2.29. The monoisotopic (exact) mass is 368 g/mol. The highest BCUT2D eigenvalue weighted by atomic mass is 19.4. The van der Waals surface area contributed by atoms with Crippen molar-refractivity contribution in [3.63, 3.8) is 0 Å². The van der Waals surface area contributed by atoms with Gasteiger partial charge in [-0.1, -0.05) is 19.1 Å². The second-order valence-corrected chi connectivity index (χ2v) is 6.57. The molecule has 0 radical (unpaired) electrons. The Morgan fingerprint density at radius 3 is 2.62 bits per heavy atom. The summed E-state index contributed by atoms with van der Waals surface area (Å²) in [6.45, 7) is 3.74. The molecule has 1 aromatic heterocycles. The molecule has 8 heteroatoms. The zero-order valence-electron chi connectivity index (χ0n) is 14.3. The van der Waals surface area contributed by atoms with Crippen LogP contribution in [0.15, 0.2) is 30.5 Å². The van der Waals surface area contributed by atoms with Crippen molar-refractivity contribution in [2.75, 3.05) is 18.4 Å². The molecule has 2 unspecified atom stereocenters. The van der Waals surface area contributed by atoms with Gasteiger partial charge in [0, 0.05) is 12.5 Å². The van der Waals surface area contributed by atoms with E-state index in [1.807, 2.05) is 0 Å².